The number of ether oxygens (including phenoxy) is 4. The van der Waals surface area contributed by atoms with Gasteiger partial charge in [0.2, 0.25) is 0 Å². The zero-order valence-electron chi connectivity index (χ0n) is 29.5. The van der Waals surface area contributed by atoms with Crippen LogP contribution in [-0.4, -0.2) is 48.9 Å². The van der Waals surface area contributed by atoms with E-state index in [1.54, 1.807) is 0 Å². The normalized spacial score (nSPS) is 35.2. The SMILES string of the molecule is C=C[C@@]1(C)C[C@@H](OC(=O)COC(c2ccccc2)(c2ccccc2)c2ccccc2)[C@@]2(C)C3C4(CC[C@@]3(CC[C@H]2C)[C@@H](C)[C@@H]1O)OCCO4. The molecule has 1 spiro atoms. The summed E-state index contributed by atoms with van der Waals surface area (Å²) in [5.74, 6) is -1.02. The Balaban J connectivity index is 1.28. The first kappa shape index (κ1) is 34.2. The van der Waals surface area contributed by atoms with Crippen molar-refractivity contribution in [2.45, 2.75) is 83.4 Å². The molecule has 3 saturated carbocycles. The monoisotopic (exact) mass is 664 g/mol. The highest BCUT2D eigenvalue weighted by atomic mass is 16.7. The Bertz CT molecular complexity index is 1520. The molecule has 8 atom stereocenters. The van der Waals surface area contributed by atoms with Crippen molar-refractivity contribution in [3.63, 3.8) is 0 Å². The lowest BCUT2D eigenvalue weighted by Crippen LogP contribution is -2.66. The van der Waals surface area contributed by atoms with Crippen LogP contribution < -0.4 is 0 Å². The summed E-state index contributed by atoms with van der Waals surface area (Å²) in [5.41, 5.74) is 0.332. The lowest BCUT2D eigenvalue weighted by molar-refractivity contribution is -0.284. The Hall–Kier alpha value is -3.29. The number of benzene rings is 3. The van der Waals surface area contributed by atoms with E-state index in [9.17, 15) is 9.90 Å². The average molecular weight is 665 g/mol. The van der Waals surface area contributed by atoms with Crippen LogP contribution in [0.2, 0.25) is 0 Å². The van der Waals surface area contributed by atoms with Crippen LogP contribution in [0.4, 0.5) is 0 Å². The highest BCUT2D eigenvalue weighted by Crippen LogP contribution is 2.72. The third-order valence-electron chi connectivity index (χ3n) is 13.5. The molecule has 6 nitrogen and oxygen atoms in total. The maximum absolute atomic E-state index is 14.4. The van der Waals surface area contributed by atoms with Gasteiger partial charge in [-0.2, -0.15) is 0 Å². The summed E-state index contributed by atoms with van der Waals surface area (Å²) in [6, 6.07) is 30.2. The van der Waals surface area contributed by atoms with E-state index >= 15 is 0 Å². The van der Waals surface area contributed by atoms with Gasteiger partial charge in [-0.3, -0.25) is 0 Å². The molecule has 1 heterocycles. The van der Waals surface area contributed by atoms with Crippen LogP contribution in [0.25, 0.3) is 0 Å². The van der Waals surface area contributed by atoms with Crippen molar-refractivity contribution >= 4 is 5.97 Å². The van der Waals surface area contributed by atoms with Crippen molar-refractivity contribution in [1.82, 2.24) is 0 Å². The third kappa shape index (κ3) is 5.24. The van der Waals surface area contributed by atoms with Crippen molar-refractivity contribution in [3.8, 4) is 0 Å². The molecule has 4 aliphatic rings. The zero-order chi connectivity index (χ0) is 34.5. The van der Waals surface area contributed by atoms with Gasteiger partial charge in [-0.1, -0.05) is 125 Å². The standard InChI is InChI=1S/C43H52O6/c1-6-39(4)28-35(40(5)30(2)22-23-41(31(3)37(39)45)24-25-42(38(40)41)46-26-27-47-42)49-36(44)29-48-43(32-16-10-7-11-17-32,33-18-12-8-13-19-33)34-20-14-9-15-21-34/h6-21,30-31,35,37-38,45H,1,22-29H2,2-5H3/t30-,31+,35-,37+,38?,39+,40+,41+/m1/s1. The number of esters is 1. The van der Waals surface area contributed by atoms with Gasteiger partial charge in [-0.15, -0.1) is 6.58 Å². The lowest BCUT2D eigenvalue weighted by Gasteiger charge is -2.64. The van der Waals surface area contributed by atoms with Gasteiger partial charge in [0.15, 0.2) is 5.79 Å². The lowest BCUT2D eigenvalue weighted by atomic mass is 9.43. The molecule has 3 aromatic rings. The van der Waals surface area contributed by atoms with Crippen LogP contribution in [0.3, 0.4) is 0 Å². The van der Waals surface area contributed by atoms with Gasteiger partial charge in [-0.05, 0) is 59.6 Å². The number of aliphatic hydroxyl groups excluding tert-OH is 1. The molecule has 7 rings (SSSR count). The summed E-state index contributed by atoms with van der Waals surface area (Å²) in [6.07, 6.45) is 4.77. The number of hydrogen-bond donors (Lipinski definition) is 1. The molecule has 4 fully saturated rings. The van der Waals surface area contributed by atoms with E-state index in [1.807, 2.05) is 97.1 Å². The first-order chi connectivity index (χ1) is 23.6. The minimum absolute atomic E-state index is 0.0114. The molecule has 1 aliphatic heterocycles. The predicted octanol–water partition coefficient (Wildman–Crippen LogP) is 8.08. The molecular formula is C43H52O6. The van der Waals surface area contributed by atoms with Gasteiger partial charge >= 0.3 is 5.97 Å². The van der Waals surface area contributed by atoms with E-state index in [-0.39, 0.29) is 29.8 Å². The van der Waals surface area contributed by atoms with Crippen molar-refractivity contribution in [3.05, 3.63) is 120 Å². The van der Waals surface area contributed by atoms with Crippen LogP contribution in [0, 0.1) is 34.0 Å². The van der Waals surface area contributed by atoms with E-state index in [0.29, 0.717) is 19.6 Å². The maximum Gasteiger partial charge on any atom is 0.332 e. The summed E-state index contributed by atoms with van der Waals surface area (Å²) in [6.45, 7) is 13.9. The van der Waals surface area contributed by atoms with E-state index < -0.39 is 40.4 Å². The average Bonchev–Trinajstić information content (AvgIpc) is 3.75. The fourth-order valence-corrected chi connectivity index (χ4v) is 10.7. The van der Waals surface area contributed by atoms with Crippen LogP contribution in [0.1, 0.15) is 76.5 Å². The second kappa shape index (κ2) is 12.8. The molecule has 1 N–H and O–H groups in total. The quantitative estimate of drug-likeness (QED) is 0.149. The smallest absolute Gasteiger partial charge is 0.332 e. The Kier molecular flexibility index (Phi) is 8.92. The molecule has 3 aliphatic carbocycles. The minimum atomic E-state index is -1.05. The fraction of sp³-hybridized carbons (Fsp3) is 0.512. The largest absolute Gasteiger partial charge is 0.460 e. The Morgan fingerprint density at radius 3 is 1.92 bits per heavy atom. The van der Waals surface area contributed by atoms with Crippen LogP contribution in [0.5, 0.6) is 0 Å². The highest BCUT2D eigenvalue weighted by Gasteiger charge is 2.74. The van der Waals surface area contributed by atoms with Gasteiger partial charge in [-0.25, -0.2) is 4.79 Å². The maximum atomic E-state index is 14.4. The molecule has 1 saturated heterocycles. The predicted molar refractivity (Wildman–Crippen MR) is 189 cm³/mol. The third-order valence-corrected chi connectivity index (χ3v) is 13.5. The molecule has 2 bridgehead atoms. The Labute approximate surface area is 291 Å². The second-order valence-corrected chi connectivity index (χ2v) is 15.7. The number of rotatable bonds is 8. The zero-order valence-corrected chi connectivity index (χ0v) is 29.5. The number of carbonyl (C=O) groups is 1. The first-order valence-electron chi connectivity index (χ1n) is 18.2. The summed E-state index contributed by atoms with van der Waals surface area (Å²) in [5, 5.41) is 12.2. The molecule has 49 heavy (non-hydrogen) atoms. The van der Waals surface area contributed by atoms with Crippen LogP contribution in [0.15, 0.2) is 104 Å². The molecule has 0 amide bonds. The minimum Gasteiger partial charge on any atom is -0.460 e. The fourth-order valence-electron chi connectivity index (χ4n) is 10.7. The van der Waals surface area contributed by atoms with Crippen molar-refractivity contribution in [1.29, 1.82) is 0 Å². The summed E-state index contributed by atoms with van der Waals surface area (Å²) in [4.78, 5) is 14.4. The molecule has 0 radical (unpaired) electrons. The molecule has 6 heteroatoms. The Morgan fingerprint density at radius 1 is 0.878 bits per heavy atom. The van der Waals surface area contributed by atoms with E-state index in [1.165, 1.54) is 0 Å². The van der Waals surface area contributed by atoms with Crippen LogP contribution >= 0.6 is 0 Å². The van der Waals surface area contributed by atoms with E-state index in [0.717, 1.165) is 42.4 Å². The second-order valence-electron chi connectivity index (χ2n) is 15.7. The van der Waals surface area contributed by atoms with E-state index in [4.69, 9.17) is 18.9 Å². The molecule has 260 valence electrons. The molecule has 3 aromatic carbocycles. The van der Waals surface area contributed by atoms with Gasteiger partial charge in [0, 0.05) is 23.2 Å². The number of hydrogen-bond acceptors (Lipinski definition) is 6. The Morgan fingerprint density at radius 2 is 1.41 bits per heavy atom. The van der Waals surface area contributed by atoms with Crippen molar-refractivity contribution in [2.24, 2.45) is 34.0 Å². The number of carbonyl (C=O) groups excluding carboxylic acids is 1. The van der Waals surface area contributed by atoms with Gasteiger partial charge in [0.1, 0.15) is 18.3 Å². The van der Waals surface area contributed by atoms with Gasteiger partial charge < -0.3 is 24.1 Å². The highest BCUT2D eigenvalue weighted by molar-refractivity contribution is 5.71. The molecule has 1 unspecified atom stereocenters. The summed E-state index contributed by atoms with van der Waals surface area (Å²) < 4.78 is 26.8. The van der Waals surface area contributed by atoms with Crippen LogP contribution in [-0.2, 0) is 29.3 Å². The van der Waals surface area contributed by atoms with Gasteiger partial charge in [0.25, 0.3) is 0 Å². The van der Waals surface area contributed by atoms with Crippen molar-refractivity contribution < 1.29 is 28.8 Å². The van der Waals surface area contributed by atoms with Gasteiger partial charge in [0.05, 0.1) is 19.3 Å². The van der Waals surface area contributed by atoms with Crippen molar-refractivity contribution in [2.75, 3.05) is 19.8 Å². The summed E-state index contributed by atoms with van der Waals surface area (Å²) >= 11 is 0. The first-order valence-corrected chi connectivity index (χ1v) is 18.2. The number of aliphatic hydroxyl groups is 1. The van der Waals surface area contributed by atoms with E-state index in [2.05, 4.69) is 34.3 Å². The summed E-state index contributed by atoms with van der Waals surface area (Å²) in [7, 11) is 0. The molecule has 0 aromatic heterocycles. The molecular weight excluding hydrogens is 612 g/mol. The topological polar surface area (TPSA) is 74.2 Å².